The van der Waals surface area contributed by atoms with Gasteiger partial charge < -0.3 is 10.6 Å². The molecule has 1 aromatic carbocycles. The Kier molecular flexibility index (Phi) is 3.88. The predicted octanol–water partition coefficient (Wildman–Crippen LogP) is 1.91. The van der Waals surface area contributed by atoms with E-state index in [2.05, 4.69) is 18.7 Å². The topological polar surface area (TPSA) is 56.2 Å². The smallest absolute Gasteiger partial charge is 0.294 e. The van der Waals surface area contributed by atoms with Gasteiger partial charge in [0.1, 0.15) is 5.69 Å². The maximum Gasteiger partial charge on any atom is 0.294 e. The molecule has 0 bridgehead atoms. The molecule has 0 fully saturated rings. The van der Waals surface area contributed by atoms with E-state index in [-0.39, 0.29) is 5.56 Å². The Hall–Kier alpha value is -2.17. The predicted molar refractivity (Wildman–Crippen MR) is 83.7 cm³/mol. The van der Waals surface area contributed by atoms with Gasteiger partial charge in [-0.05, 0) is 45.0 Å². The molecule has 2 aromatic rings. The maximum absolute atomic E-state index is 12.1. The average molecular weight is 274 g/mol. The highest BCUT2D eigenvalue weighted by molar-refractivity contribution is 5.52. The lowest BCUT2D eigenvalue weighted by molar-refractivity contribution is 0.630. The number of nitrogen functional groups attached to an aromatic ring is 1. The van der Waals surface area contributed by atoms with Crippen LogP contribution in [0.15, 0.2) is 29.1 Å². The minimum absolute atomic E-state index is 0.166. The summed E-state index contributed by atoms with van der Waals surface area (Å²) in [5.41, 5.74) is 8.70. The number of aromatic nitrogens is 2. The molecule has 1 heterocycles. The van der Waals surface area contributed by atoms with Crippen molar-refractivity contribution in [3.05, 3.63) is 40.3 Å². The highest BCUT2D eigenvalue weighted by Crippen LogP contribution is 2.17. The van der Waals surface area contributed by atoms with E-state index in [0.29, 0.717) is 5.69 Å². The second-order valence-electron chi connectivity index (χ2n) is 4.83. The number of anilines is 2. The van der Waals surface area contributed by atoms with Gasteiger partial charge in [-0.2, -0.15) is 0 Å². The molecule has 20 heavy (non-hydrogen) atoms. The van der Waals surface area contributed by atoms with Crippen LogP contribution in [0.5, 0.6) is 0 Å². The van der Waals surface area contributed by atoms with Crippen molar-refractivity contribution < 1.29 is 0 Å². The van der Waals surface area contributed by atoms with Crippen LogP contribution in [-0.2, 0) is 7.05 Å². The molecule has 2 rings (SSSR count). The van der Waals surface area contributed by atoms with Gasteiger partial charge >= 0.3 is 0 Å². The number of hydrogen-bond acceptors (Lipinski definition) is 3. The van der Waals surface area contributed by atoms with Crippen molar-refractivity contribution in [2.24, 2.45) is 7.05 Å². The van der Waals surface area contributed by atoms with Crippen LogP contribution in [0, 0.1) is 6.92 Å². The molecule has 108 valence electrons. The van der Waals surface area contributed by atoms with Gasteiger partial charge in [-0.15, -0.1) is 0 Å². The van der Waals surface area contributed by atoms with E-state index >= 15 is 0 Å². The van der Waals surface area contributed by atoms with Crippen molar-refractivity contribution >= 4 is 11.4 Å². The summed E-state index contributed by atoms with van der Waals surface area (Å²) in [6, 6.07) is 7.97. The molecule has 0 unspecified atom stereocenters. The highest BCUT2D eigenvalue weighted by Gasteiger charge is 2.13. The summed E-state index contributed by atoms with van der Waals surface area (Å²) in [4.78, 5) is 14.4. The van der Waals surface area contributed by atoms with Crippen LogP contribution in [-0.4, -0.2) is 22.5 Å². The van der Waals surface area contributed by atoms with E-state index in [1.54, 1.807) is 9.36 Å². The number of nitrogens with two attached hydrogens (primary N) is 1. The van der Waals surface area contributed by atoms with Gasteiger partial charge in [-0.25, -0.2) is 4.68 Å². The molecule has 0 aliphatic heterocycles. The zero-order valence-corrected chi connectivity index (χ0v) is 12.6. The van der Waals surface area contributed by atoms with Gasteiger partial charge in [0.05, 0.1) is 11.4 Å². The zero-order chi connectivity index (χ0) is 14.9. The second kappa shape index (κ2) is 5.45. The lowest BCUT2D eigenvalue weighted by Gasteiger charge is -2.21. The minimum Gasteiger partial charge on any atom is -0.393 e. The van der Waals surface area contributed by atoms with E-state index in [0.717, 1.165) is 30.2 Å². The van der Waals surface area contributed by atoms with E-state index in [1.165, 1.54) is 0 Å². The molecule has 0 saturated carbocycles. The molecule has 2 N–H and O–H groups in total. The average Bonchev–Trinajstić information content (AvgIpc) is 2.65. The molecule has 0 saturated heterocycles. The monoisotopic (exact) mass is 274 g/mol. The summed E-state index contributed by atoms with van der Waals surface area (Å²) >= 11 is 0. The van der Waals surface area contributed by atoms with Gasteiger partial charge in [-0.3, -0.25) is 9.48 Å². The summed E-state index contributed by atoms with van der Waals surface area (Å²) < 4.78 is 3.38. The largest absolute Gasteiger partial charge is 0.393 e. The van der Waals surface area contributed by atoms with Crippen LogP contribution in [0.2, 0.25) is 0 Å². The molecular formula is C15H22N4O. The van der Waals surface area contributed by atoms with Gasteiger partial charge in [0.25, 0.3) is 5.56 Å². The Morgan fingerprint density at radius 2 is 1.70 bits per heavy atom. The number of benzene rings is 1. The Labute approximate surface area is 119 Å². The SMILES string of the molecule is CCN(CC)c1ccc(-n2c(=O)c(N)c(C)n2C)cc1. The lowest BCUT2D eigenvalue weighted by atomic mass is 10.2. The first-order chi connectivity index (χ1) is 9.51. The first kappa shape index (κ1) is 14.2. The third kappa shape index (κ3) is 2.19. The van der Waals surface area contributed by atoms with Crippen molar-refractivity contribution in [2.75, 3.05) is 23.7 Å². The molecule has 0 atom stereocenters. The summed E-state index contributed by atoms with van der Waals surface area (Å²) in [6.07, 6.45) is 0. The molecule has 0 aliphatic carbocycles. The van der Waals surface area contributed by atoms with E-state index in [1.807, 2.05) is 38.2 Å². The van der Waals surface area contributed by atoms with Crippen LogP contribution in [0.1, 0.15) is 19.5 Å². The summed E-state index contributed by atoms with van der Waals surface area (Å²) in [7, 11) is 1.84. The van der Waals surface area contributed by atoms with E-state index in [9.17, 15) is 4.79 Å². The quantitative estimate of drug-likeness (QED) is 0.926. The highest BCUT2D eigenvalue weighted by atomic mass is 16.1. The first-order valence-electron chi connectivity index (χ1n) is 6.90. The second-order valence-corrected chi connectivity index (χ2v) is 4.83. The fourth-order valence-electron chi connectivity index (χ4n) is 2.41. The van der Waals surface area contributed by atoms with Gasteiger partial charge in [-0.1, -0.05) is 0 Å². The minimum atomic E-state index is -0.166. The van der Waals surface area contributed by atoms with Gasteiger partial charge in [0, 0.05) is 25.8 Å². The van der Waals surface area contributed by atoms with E-state index < -0.39 is 0 Å². The molecule has 0 amide bonds. The van der Waals surface area contributed by atoms with Gasteiger partial charge in [0.2, 0.25) is 0 Å². The van der Waals surface area contributed by atoms with Crippen molar-refractivity contribution in [3.8, 4) is 5.69 Å². The molecule has 0 spiro atoms. The Morgan fingerprint density at radius 1 is 1.15 bits per heavy atom. The Bertz CT molecular complexity index is 648. The van der Waals surface area contributed by atoms with Gasteiger partial charge in [0.15, 0.2) is 0 Å². The van der Waals surface area contributed by atoms with Crippen LogP contribution < -0.4 is 16.2 Å². The number of rotatable bonds is 4. The normalized spacial score (nSPS) is 10.8. The molecule has 5 heteroatoms. The number of nitrogens with zero attached hydrogens (tertiary/aromatic N) is 3. The van der Waals surface area contributed by atoms with Crippen LogP contribution >= 0.6 is 0 Å². The molecule has 0 aliphatic rings. The Morgan fingerprint density at radius 3 is 2.10 bits per heavy atom. The zero-order valence-electron chi connectivity index (χ0n) is 12.6. The van der Waals surface area contributed by atoms with Crippen molar-refractivity contribution in [1.82, 2.24) is 9.36 Å². The molecule has 1 aromatic heterocycles. The van der Waals surface area contributed by atoms with Crippen LogP contribution in [0.4, 0.5) is 11.4 Å². The number of hydrogen-bond donors (Lipinski definition) is 1. The summed E-state index contributed by atoms with van der Waals surface area (Å²) in [6.45, 7) is 8.03. The maximum atomic E-state index is 12.1. The van der Waals surface area contributed by atoms with Crippen molar-refractivity contribution in [3.63, 3.8) is 0 Å². The molecular weight excluding hydrogens is 252 g/mol. The van der Waals surface area contributed by atoms with Crippen molar-refractivity contribution in [1.29, 1.82) is 0 Å². The molecule has 0 radical (unpaired) electrons. The summed E-state index contributed by atoms with van der Waals surface area (Å²) in [5.74, 6) is 0. The first-order valence-corrected chi connectivity index (χ1v) is 6.90. The fraction of sp³-hybridized carbons (Fsp3) is 0.400. The third-order valence-electron chi connectivity index (χ3n) is 3.82. The Balaban J connectivity index is 2.46. The van der Waals surface area contributed by atoms with Crippen LogP contribution in [0.25, 0.3) is 5.69 Å². The third-order valence-corrected chi connectivity index (χ3v) is 3.82. The summed E-state index contributed by atoms with van der Waals surface area (Å²) in [5, 5.41) is 0. The lowest BCUT2D eigenvalue weighted by Crippen LogP contribution is -2.23. The van der Waals surface area contributed by atoms with E-state index in [4.69, 9.17) is 5.73 Å². The fourth-order valence-corrected chi connectivity index (χ4v) is 2.41. The van der Waals surface area contributed by atoms with Crippen LogP contribution in [0.3, 0.4) is 0 Å². The molecule has 5 nitrogen and oxygen atoms in total. The van der Waals surface area contributed by atoms with Crippen molar-refractivity contribution in [2.45, 2.75) is 20.8 Å². The standard InChI is InChI=1S/C15H22N4O/c1-5-18(6-2)12-7-9-13(10-8-12)19-15(20)14(16)11(3)17(19)4/h7-10H,5-6,16H2,1-4H3.